The maximum atomic E-state index is 12.2. The Balaban J connectivity index is 2.06. The van der Waals surface area contributed by atoms with Gasteiger partial charge >= 0.3 is 0 Å². The van der Waals surface area contributed by atoms with E-state index in [1.54, 1.807) is 0 Å². The van der Waals surface area contributed by atoms with Gasteiger partial charge in [-0.3, -0.25) is 4.79 Å². The summed E-state index contributed by atoms with van der Waals surface area (Å²) < 4.78 is 0. The van der Waals surface area contributed by atoms with Gasteiger partial charge in [0.15, 0.2) is 0 Å². The van der Waals surface area contributed by atoms with E-state index < -0.39 is 0 Å². The van der Waals surface area contributed by atoms with Crippen LogP contribution in [-0.4, -0.2) is 11.9 Å². The Bertz CT molecular complexity index is 630. The number of benzene rings is 2. The zero-order valence-corrected chi connectivity index (χ0v) is 13.0. The van der Waals surface area contributed by atoms with E-state index in [4.69, 9.17) is 0 Å². The smallest absolute Gasteiger partial charge is 0.255 e. The molecule has 0 bridgehead atoms. The van der Waals surface area contributed by atoms with Crippen molar-refractivity contribution in [1.82, 2.24) is 0 Å². The Labute approximate surface area is 126 Å². The molecule has 0 aromatic heterocycles. The number of amides is 1. The number of hydrogen-bond acceptors (Lipinski definition) is 2. The summed E-state index contributed by atoms with van der Waals surface area (Å²) in [4.78, 5) is 12.2. The van der Waals surface area contributed by atoms with E-state index in [1.165, 1.54) is 5.56 Å². The van der Waals surface area contributed by atoms with Crippen LogP contribution in [-0.2, 0) is 0 Å². The molecule has 0 radical (unpaired) electrons. The maximum Gasteiger partial charge on any atom is 0.255 e. The Kier molecular flexibility index (Phi) is 4.63. The lowest BCUT2D eigenvalue weighted by Gasteiger charge is -2.11. The van der Waals surface area contributed by atoms with Gasteiger partial charge in [0, 0.05) is 23.0 Å². The van der Waals surface area contributed by atoms with E-state index in [2.05, 4.69) is 24.5 Å². The van der Waals surface area contributed by atoms with Gasteiger partial charge in [-0.1, -0.05) is 6.07 Å². The standard InChI is InChI=1S/C18H22N2O/c1-12(2)19-16-7-9-17(10-8-16)20-18(21)15-6-5-13(3)14(4)11-15/h5-12,19H,1-4H3,(H,20,21). The van der Waals surface area contributed by atoms with Crippen LogP contribution in [0.4, 0.5) is 11.4 Å². The van der Waals surface area contributed by atoms with E-state index in [0.29, 0.717) is 11.6 Å². The van der Waals surface area contributed by atoms with Crippen LogP contribution in [0.5, 0.6) is 0 Å². The van der Waals surface area contributed by atoms with Crippen LogP contribution in [0.15, 0.2) is 42.5 Å². The molecular formula is C18H22N2O. The van der Waals surface area contributed by atoms with E-state index in [0.717, 1.165) is 16.9 Å². The molecule has 0 saturated carbocycles. The van der Waals surface area contributed by atoms with Crippen LogP contribution < -0.4 is 10.6 Å². The van der Waals surface area contributed by atoms with Crippen molar-refractivity contribution in [2.75, 3.05) is 10.6 Å². The normalized spacial score (nSPS) is 10.5. The number of carbonyl (C=O) groups excluding carboxylic acids is 1. The molecule has 0 atom stereocenters. The monoisotopic (exact) mass is 282 g/mol. The summed E-state index contributed by atoms with van der Waals surface area (Å²) in [5.74, 6) is -0.0809. The molecule has 0 aliphatic rings. The van der Waals surface area contributed by atoms with E-state index in [9.17, 15) is 4.79 Å². The van der Waals surface area contributed by atoms with Crippen molar-refractivity contribution in [3.8, 4) is 0 Å². The quantitative estimate of drug-likeness (QED) is 0.874. The highest BCUT2D eigenvalue weighted by Crippen LogP contribution is 2.16. The van der Waals surface area contributed by atoms with E-state index >= 15 is 0 Å². The zero-order chi connectivity index (χ0) is 15.4. The van der Waals surface area contributed by atoms with Crippen LogP contribution in [0.25, 0.3) is 0 Å². The van der Waals surface area contributed by atoms with Crippen molar-refractivity contribution in [1.29, 1.82) is 0 Å². The van der Waals surface area contributed by atoms with Crippen LogP contribution in [0.1, 0.15) is 35.3 Å². The Morgan fingerprint density at radius 1 is 0.905 bits per heavy atom. The fourth-order valence-electron chi connectivity index (χ4n) is 2.07. The summed E-state index contributed by atoms with van der Waals surface area (Å²) in [5.41, 5.74) is 4.85. The first-order valence-electron chi connectivity index (χ1n) is 7.21. The van der Waals surface area contributed by atoms with Crippen LogP contribution in [0.3, 0.4) is 0 Å². The number of nitrogens with one attached hydrogen (secondary N) is 2. The average molecular weight is 282 g/mol. The predicted molar refractivity (Wildman–Crippen MR) is 89.1 cm³/mol. The Morgan fingerprint density at radius 2 is 1.52 bits per heavy atom. The van der Waals surface area contributed by atoms with Crippen LogP contribution in [0, 0.1) is 13.8 Å². The lowest BCUT2D eigenvalue weighted by atomic mass is 10.1. The van der Waals surface area contributed by atoms with Crippen molar-refractivity contribution >= 4 is 17.3 Å². The molecule has 3 heteroatoms. The molecule has 2 rings (SSSR count). The Hall–Kier alpha value is -2.29. The lowest BCUT2D eigenvalue weighted by Crippen LogP contribution is -2.13. The molecule has 2 N–H and O–H groups in total. The summed E-state index contributed by atoms with van der Waals surface area (Å²) in [6.45, 7) is 8.24. The molecule has 0 unspecified atom stereocenters. The fourth-order valence-corrected chi connectivity index (χ4v) is 2.07. The van der Waals surface area contributed by atoms with Gasteiger partial charge in [0.05, 0.1) is 0 Å². The lowest BCUT2D eigenvalue weighted by molar-refractivity contribution is 0.102. The highest BCUT2D eigenvalue weighted by Gasteiger charge is 2.07. The van der Waals surface area contributed by atoms with E-state index in [1.807, 2.05) is 56.3 Å². The van der Waals surface area contributed by atoms with Gasteiger partial charge in [-0.2, -0.15) is 0 Å². The van der Waals surface area contributed by atoms with Gasteiger partial charge in [-0.15, -0.1) is 0 Å². The number of anilines is 2. The average Bonchev–Trinajstić information content (AvgIpc) is 2.43. The van der Waals surface area contributed by atoms with Crippen molar-refractivity contribution in [2.24, 2.45) is 0 Å². The van der Waals surface area contributed by atoms with E-state index in [-0.39, 0.29) is 5.91 Å². The molecule has 0 spiro atoms. The summed E-state index contributed by atoms with van der Waals surface area (Å²) in [6, 6.07) is 13.9. The first kappa shape index (κ1) is 15.1. The molecule has 21 heavy (non-hydrogen) atoms. The van der Waals surface area contributed by atoms with Crippen molar-refractivity contribution < 1.29 is 4.79 Å². The third kappa shape index (κ3) is 4.09. The van der Waals surface area contributed by atoms with Gasteiger partial charge in [-0.25, -0.2) is 0 Å². The molecule has 0 fully saturated rings. The van der Waals surface area contributed by atoms with Gasteiger partial charge in [-0.05, 0) is 75.2 Å². The van der Waals surface area contributed by atoms with Crippen LogP contribution in [0.2, 0.25) is 0 Å². The number of carbonyl (C=O) groups is 1. The largest absolute Gasteiger partial charge is 0.383 e. The molecule has 110 valence electrons. The Morgan fingerprint density at radius 3 is 2.10 bits per heavy atom. The second kappa shape index (κ2) is 6.44. The fraction of sp³-hybridized carbons (Fsp3) is 0.278. The summed E-state index contributed by atoms with van der Waals surface area (Å²) in [7, 11) is 0. The van der Waals surface area contributed by atoms with Crippen molar-refractivity contribution in [3.05, 3.63) is 59.2 Å². The minimum absolute atomic E-state index is 0.0809. The second-order valence-electron chi connectivity index (χ2n) is 5.63. The third-order valence-electron chi connectivity index (χ3n) is 3.37. The number of hydrogen-bond donors (Lipinski definition) is 2. The van der Waals surface area contributed by atoms with Gasteiger partial charge < -0.3 is 10.6 Å². The number of rotatable bonds is 4. The van der Waals surface area contributed by atoms with Gasteiger partial charge in [0.25, 0.3) is 5.91 Å². The highest BCUT2D eigenvalue weighted by atomic mass is 16.1. The predicted octanol–water partition coefficient (Wildman–Crippen LogP) is 4.38. The molecule has 0 saturated heterocycles. The summed E-state index contributed by atoms with van der Waals surface area (Å²) in [5, 5.41) is 6.24. The molecule has 2 aromatic rings. The molecule has 3 nitrogen and oxygen atoms in total. The summed E-state index contributed by atoms with van der Waals surface area (Å²) >= 11 is 0. The number of aryl methyl sites for hydroxylation is 2. The molecule has 1 amide bonds. The van der Waals surface area contributed by atoms with Crippen LogP contribution >= 0.6 is 0 Å². The van der Waals surface area contributed by atoms with Crippen molar-refractivity contribution in [2.45, 2.75) is 33.7 Å². The summed E-state index contributed by atoms with van der Waals surface area (Å²) in [6.07, 6.45) is 0. The second-order valence-corrected chi connectivity index (χ2v) is 5.63. The molecular weight excluding hydrogens is 260 g/mol. The third-order valence-corrected chi connectivity index (χ3v) is 3.37. The molecule has 2 aromatic carbocycles. The first-order chi connectivity index (χ1) is 9.95. The topological polar surface area (TPSA) is 41.1 Å². The van der Waals surface area contributed by atoms with Gasteiger partial charge in [0.1, 0.15) is 0 Å². The first-order valence-corrected chi connectivity index (χ1v) is 7.21. The molecule has 0 aliphatic carbocycles. The minimum atomic E-state index is -0.0809. The van der Waals surface area contributed by atoms with Gasteiger partial charge in [0.2, 0.25) is 0 Å². The highest BCUT2D eigenvalue weighted by molar-refractivity contribution is 6.04. The maximum absolute atomic E-state index is 12.2. The zero-order valence-electron chi connectivity index (χ0n) is 13.0. The SMILES string of the molecule is Cc1ccc(C(=O)Nc2ccc(NC(C)C)cc2)cc1C. The van der Waals surface area contributed by atoms with Crippen molar-refractivity contribution in [3.63, 3.8) is 0 Å². The molecule has 0 aliphatic heterocycles. The minimum Gasteiger partial charge on any atom is -0.383 e. The molecule has 0 heterocycles.